The Hall–Kier alpha value is -3.66. The molecule has 0 saturated carbocycles. The van der Waals surface area contributed by atoms with Crippen LogP contribution in [0.3, 0.4) is 0 Å². The number of nitrogens with two attached hydrogens (primary N) is 1. The smallest absolute Gasteiger partial charge is 0.268 e. The lowest BCUT2D eigenvalue weighted by Crippen LogP contribution is -2.43. The molecule has 0 bridgehead atoms. The molecular formula is C27H33N5O4S. The first-order valence-electron chi connectivity index (χ1n) is 12.1. The molecule has 3 N–H and O–H groups in total. The fraction of sp³-hybridized carbons (Fsp3) is 0.370. The third-order valence-corrected chi connectivity index (χ3v) is 8.76. The lowest BCUT2D eigenvalue weighted by Gasteiger charge is -2.36. The molecular weight excluding hydrogens is 490 g/mol. The van der Waals surface area contributed by atoms with Gasteiger partial charge in [-0.15, -0.1) is 0 Å². The summed E-state index contributed by atoms with van der Waals surface area (Å²) in [7, 11) is -2.62. The number of methoxy groups -OCH3 is 1. The number of anilines is 2. The number of nitrogens with zero attached hydrogens (tertiary/aromatic N) is 3. The Labute approximate surface area is 218 Å². The SMILES string of the molecule is COc1cc(C)c(-c2ccc(C(=O)NS(=O)(=O)c3cccnc3N)c(N3CCC(C)C3(C)C)n2)c(C)c1. The Morgan fingerprint density at radius 1 is 1.19 bits per heavy atom. The standard InChI is InChI=1S/C27H33N5O4S/c1-16-14-19(36-6)15-17(2)23(16)21-10-9-20(25(30-21)32-13-11-18(3)27(32,4)5)26(33)31-37(34,35)22-8-7-12-29-24(22)28/h7-10,12,14-15,18H,11,13H2,1-6H3,(H2,28,29)(H,31,33). The first kappa shape index (κ1) is 26.4. The van der Waals surface area contributed by atoms with Crippen LogP contribution in [0.5, 0.6) is 5.75 Å². The average molecular weight is 524 g/mol. The zero-order valence-corrected chi connectivity index (χ0v) is 22.8. The van der Waals surface area contributed by atoms with Gasteiger partial charge in [0, 0.05) is 23.8 Å². The molecule has 1 aliphatic heterocycles. The summed E-state index contributed by atoms with van der Waals surface area (Å²) < 4.78 is 33.5. The van der Waals surface area contributed by atoms with Crippen LogP contribution < -0.4 is 20.1 Å². The Kier molecular flexibility index (Phi) is 6.89. The molecule has 4 rings (SSSR count). The van der Waals surface area contributed by atoms with Crippen LogP contribution in [0.15, 0.2) is 47.5 Å². The minimum absolute atomic E-state index is 0.167. The number of aryl methyl sites for hydroxylation is 2. The van der Waals surface area contributed by atoms with E-state index in [-0.39, 0.29) is 21.8 Å². The summed E-state index contributed by atoms with van der Waals surface area (Å²) in [5.41, 5.74) is 9.23. The molecule has 1 aromatic carbocycles. The molecule has 196 valence electrons. The zero-order valence-electron chi connectivity index (χ0n) is 22.0. The van der Waals surface area contributed by atoms with Crippen LogP contribution in [-0.2, 0) is 10.0 Å². The van der Waals surface area contributed by atoms with Crippen molar-refractivity contribution in [1.29, 1.82) is 0 Å². The van der Waals surface area contributed by atoms with Crippen molar-refractivity contribution in [3.05, 3.63) is 59.3 Å². The van der Waals surface area contributed by atoms with Crippen molar-refractivity contribution in [2.75, 3.05) is 24.3 Å². The van der Waals surface area contributed by atoms with Crippen LogP contribution in [0.4, 0.5) is 11.6 Å². The van der Waals surface area contributed by atoms with Crippen molar-refractivity contribution in [2.24, 2.45) is 5.92 Å². The van der Waals surface area contributed by atoms with Gasteiger partial charge in [0.15, 0.2) is 0 Å². The van der Waals surface area contributed by atoms with E-state index < -0.39 is 15.9 Å². The van der Waals surface area contributed by atoms with E-state index in [1.165, 1.54) is 18.3 Å². The van der Waals surface area contributed by atoms with Crippen LogP contribution in [0.1, 0.15) is 48.7 Å². The summed E-state index contributed by atoms with van der Waals surface area (Å²) in [6.07, 6.45) is 2.31. The quantitative estimate of drug-likeness (QED) is 0.494. The van der Waals surface area contributed by atoms with Gasteiger partial charge in [-0.25, -0.2) is 23.1 Å². The topological polar surface area (TPSA) is 128 Å². The Bertz CT molecular complexity index is 1450. The second-order valence-corrected chi connectivity index (χ2v) is 11.7. The number of hydrogen-bond acceptors (Lipinski definition) is 8. The highest BCUT2D eigenvalue weighted by atomic mass is 32.2. The molecule has 3 heterocycles. The highest BCUT2D eigenvalue weighted by molar-refractivity contribution is 7.90. The van der Waals surface area contributed by atoms with E-state index in [9.17, 15) is 13.2 Å². The van der Waals surface area contributed by atoms with Crippen LogP contribution in [0, 0.1) is 19.8 Å². The minimum Gasteiger partial charge on any atom is -0.497 e. The molecule has 1 amide bonds. The molecule has 1 fully saturated rings. The number of ether oxygens (including phenoxy) is 1. The van der Waals surface area contributed by atoms with E-state index >= 15 is 0 Å². The summed E-state index contributed by atoms with van der Waals surface area (Å²) in [5, 5.41) is 0. The van der Waals surface area contributed by atoms with Gasteiger partial charge in [0.1, 0.15) is 22.3 Å². The van der Waals surface area contributed by atoms with Gasteiger partial charge in [0.05, 0.1) is 18.4 Å². The normalized spacial score (nSPS) is 17.0. The molecule has 37 heavy (non-hydrogen) atoms. The minimum atomic E-state index is -4.25. The molecule has 1 unspecified atom stereocenters. The zero-order chi connectivity index (χ0) is 27.1. The van der Waals surface area contributed by atoms with Crippen LogP contribution in [0.25, 0.3) is 11.3 Å². The van der Waals surface area contributed by atoms with Crippen molar-refractivity contribution in [1.82, 2.24) is 14.7 Å². The van der Waals surface area contributed by atoms with Crippen molar-refractivity contribution in [3.63, 3.8) is 0 Å². The second-order valence-electron chi connectivity index (χ2n) is 10.0. The second kappa shape index (κ2) is 9.66. The van der Waals surface area contributed by atoms with Gasteiger partial charge in [-0.1, -0.05) is 6.92 Å². The fourth-order valence-electron chi connectivity index (χ4n) is 4.89. The number of nitrogens with one attached hydrogen (secondary N) is 1. The van der Waals surface area contributed by atoms with Gasteiger partial charge < -0.3 is 15.4 Å². The lowest BCUT2D eigenvalue weighted by molar-refractivity contribution is 0.0981. The molecule has 10 heteroatoms. The van der Waals surface area contributed by atoms with Gasteiger partial charge >= 0.3 is 0 Å². The molecule has 1 saturated heterocycles. The van der Waals surface area contributed by atoms with Crippen molar-refractivity contribution >= 4 is 27.6 Å². The summed E-state index contributed by atoms with van der Waals surface area (Å²) in [6, 6.07) is 10.0. The Balaban J connectivity index is 1.83. The largest absolute Gasteiger partial charge is 0.497 e. The van der Waals surface area contributed by atoms with Gasteiger partial charge in [-0.2, -0.15) is 0 Å². The number of benzene rings is 1. The third kappa shape index (κ3) is 4.85. The van der Waals surface area contributed by atoms with Crippen LogP contribution >= 0.6 is 0 Å². The van der Waals surface area contributed by atoms with E-state index in [1.54, 1.807) is 19.2 Å². The summed E-state index contributed by atoms with van der Waals surface area (Å²) in [6.45, 7) is 11.0. The maximum absolute atomic E-state index is 13.4. The molecule has 0 aliphatic carbocycles. The Morgan fingerprint density at radius 3 is 2.43 bits per heavy atom. The van der Waals surface area contributed by atoms with Gasteiger partial charge in [-0.05, 0) is 87.6 Å². The number of nitrogen functional groups attached to an aromatic ring is 1. The predicted molar refractivity (Wildman–Crippen MR) is 144 cm³/mol. The van der Waals surface area contributed by atoms with Crippen molar-refractivity contribution in [2.45, 2.75) is 51.5 Å². The van der Waals surface area contributed by atoms with Crippen LogP contribution in [-0.4, -0.2) is 43.5 Å². The number of rotatable bonds is 6. The van der Waals surface area contributed by atoms with E-state index in [1.807, 2.05) is 26.0 Å². The maximum atomic E-state index is 13.4. The number of carbonyl (C=O) groups is 1. The van der Waals surface area contributed by atoms with Gasteiger partial charge in [0.25, 0.3) is 15.9 Å². The Morgan fingerprint density at radius 2 is 1.86 bits per heavy atom. The number of carbonyl (C=O) groups excluding carboxylic acids is 1. The fourth-order valence-corrected chi connectivity index (χ4v) is 5.94. The summed E-state index contributed by atoms with van der Waals surface area (Å²) in [5.74, 6) is 0.571. The number of sulfonamides is 1. The highest BCUT2D eigenvalue weighted by Gasteiger charge is 2.41. The van der Waals surface area contributed by atoms with Gasteiger partial charge in [-0.3, -0.25) is 4.79 Å². The van der Waals surface area contributed by atoms with E-state index in [0.717, 1.165) is 28.9 Å². The summed E-state index contributed by atoms with van der Waals surface area (Å²) >= 11 is 0. The molecule has 3 aromatic rings. The lowest BCUT2D eigenvalue weighted by atomic mass is 9.90. The molecule has 9 nitrogen and oxygen atoms in total. The van der Waals surface area contributed by atoms with E-state index in [4.69, 9.17) is 15.5 Å². The average Bonchev–Trinajstić information content (AvgIpc) is 3.10. The van der Waals surface area contributed by atoms with Crippen LogP contribution in [0.2, 0.25) is 0 Å². The highest BCUT2D eigenvalue weighted by Crippen LogP contribution is 2.40. The van der Waals surface area contributed by atoms with Crippen molar-refractivity contribution in [3.8, 4) is 17.0 Å². The first-order valence-corrected chi connectivity index (χ1v) is 13.6. The number of aromatic nitrogens is 2. The maximum Gasteiger partial charge on any atom is 0.268 e. The van der Waals surface area contributed by atoms with Crippen molar-refractivity contribution < 1.29 is 17.9 Å². The first-order chi connectivity index (χ1) is 17.4. The van der Waals surface area contributed by atoms with E-state index in [0.29, 0.717) is 24.0 Å². The molecule has 1 atom stereocenters. The molecule has 2 aromatic heterocycles. The number of amides is 1. The number of hydrogen-bond donors (Lipinski definition) is 2. The number of pyridine rings is 2. The van der Waals surface area contributed by atoms with Gasteiger partial charge in [0.2, 0.25) is 0 Å². The molecule has 1 aliphatic rings. The van der Waals surface area contributed by atoms with E-state index in [2.05, 4.69) is 35.4 Å². The monoisotopic (exact) mass is 523 g/mol. The molecule has 0 spiro atoms. The predicted octanol–water partition coefficient (Wildman–Crippen LogP) is 4.09. The summed E-state index contributed by atoms with van der Waals surface area (Å²) in [4.78, 5) is 24.1. The molecule has 0 radical (unpaired) electrons. The third-order valence-electron chi connectivity index (χ3n) is 7.38.